The molecule has 1 aliphatic rings. The van der Waals surface area contributed by atoms with Crippen molar-refractivity contribution in [3.05, 3.63) is 101 Å². The monoisotopic (exact) mass is 923 g/mol. The number of amides is 6. The first-order chi connectivity index (χ1) is 32.6. The first kappa shape index (κ1) is 46.1. The number of pyridine rings is 2. The fraction of sp³-hybridized carbons (Fsp3) is 0.298. The molecule has 0 fully saturated rings. The van der Waals surface area contributed by atoms with E-state index >= 15 is 0 Å². The first-order valence-corrected chi connectivity index (χ1v) is 22.0. The van der Waals surface area contributed by atoms with E-state index in [-0.39, 0.29) is 73.7 Å². The SMILES string of the molecule is CCc1nc(C)oc1C(=O)Nc1nc2cc(C(N)=O)cc(OCCCN(C)C(=O)CCN3C(=O)C=CC3=O)c2n1C/C=C/Cn1c2ncc(C(N)=O)cc2c2ccc(-c3cc(C)nn3CC)nc21. The van der Waals surface area contributed by atoms with Gasteiger partial charge in [0.1, 0.15) is 22.6 Å². The van der Waals surface area contributed by atoms with Crippen LogP contribution in [0.4, 0.5) is 5.95 Å². The van der Waals surface area contributed by atoms with Crippen molar-refractivity contribution in [1.29, 1.82) is 0 Å². The highest BCUT2D eigenvalue weighted by atomic mass is 16.5. The van der Waals surface area contributed by atoms with Crippen LogP contribution >= 0.6 is 0 Å². The van der Waals surface area contributed by atoms with E-state index in [1.54, 1.807) is 24.6 Å². The number of imidazole rings is 1. The molecule has 0 saturated carbocycles. The van der Waals surface area contributed by atoms with Crippen LogP contribution in [-0.2, 0) is 40.4 Å². The number of anilines is 1. The van der Waals surface area contributed by atoms with E-state index in [0.717, 1.165) is 21.7 Å². The number of fused-ring (bicyclic) bond motifs is 4. The molecule has 0 radical (unpaired) electrons. The van der Waals surface area contributed by atoms with Crippen LogP contribution in [0.5, 0.6) is 5.75 Å². The van der Waals surface area contributed by atoms with Crippen molar-refractivity contribution in [3.8, 4) is 17.1 Å². The summed E-state index contributed by atoms with van der Waals surface area (Å²) in [6, 6.07) is 10.5. The first-order valence-electron chi connectivity index (χ1n) is 22.0. The number of rotatable bonds is 19. The highest BCUT2D eigenvalue weighted by Crippen LogP contribution is 2.33. The molecule has 0 bridgehead atoms. The third kappa shape index (κ3) is 9.17. The lowest BCUT2D eigenvalue weighted by Crippen LogP contribution is -2.36. The van der Waals surface area contributed by atoms with E-state index in [0.29, 0.717) is 64.4 Å². The van der Waals surface area contributed by atoms with Crippen LogP contribution in [0.25, 0.3) is 44.5 Å². The number of nitrogens with two attached hydrogens (primary N) is 2. The van der Waals surface area contributed by atoms with Gasteiger partial charge in [0.05, 0.1) is 40.5 Å². The normalized spacial score (nSPS) is 12.7. The molecule has 0 aliphatic carbocycles. The van der Waals surface area contributed by atoms with Crippen molar-refractivity contribution in [2.75, 3.05) is 32.1 Å². The zero-order valence-corrected chi connectivity index (χ0v) is 38.1. The zero-order chi connectivity index (χ0) is 48.4. The topological polar surface area (TPSA) is 275 Å². The number of carbonyl (C=O) groups excluding carboxylic acids is 6. The molecular formula is C47H49N13O8. The number of imide groups is 1. The van der Waals surface area contributed by atoms with E-state index in [2.05, 4.69) is 20.4 Å². The number of hydrogen-bond acceptors (Lipinski definition) is 13. The van der Waals surface area contributed by atoms with Crippen LogP contribution in [0.3, 0.4) is 0 Å². The molecule has 8 rings (SSSR count). The Balaban J connectivity index is 1.11. The van der Waals surface area contributed by atoms with E-state index in [1.165, 1.54) is 35.4 Å². The lowest BCUT2D eigenvalue weighted by molar-refractivity contribution is -0.138. The molecule has 21 nitrogen and oxygen atoms in total. The van der Waals surface area contributed by atoms with Crippen molar-refractivity contribution in [2.24, 2.45) is 11.5 Å². The molecule has 0 spiro atoms. The third-order valence-corrected chi connectivity index (χ3v) is 11.5. The molecule has 0 unspecified atom stereocenters. The largest absolute Gasteiger partial charge is 0.491 e. The quantitative estimate of drug-likeness (QED) is 0.0583. The smallest absolute Gasteiger partial charge is 0.295 e. The molecule has 350 valence electrons. The number of hydrogen-bond donors (Lipinski definition) is 3. The van der Waals surface area contributed by atoms with Gasteiger partial charge in [-0.25, -0.2) is 19.9 Å². The molecule has 0 saturated heterocycles. The fourth-order valence-electron chi connectivity index (χ4n) is 8.10. The standard InChI is InChI=1S/C47H49N13O8/c1-6-32-41(68-27(4)51-32)46(66)54-47-53-34-23-28(42(48)64)24-36(67-20-10-16-56(5)37(61)15-19-57-38(62)13-14-39(57)63)40(34)58(47)17-8-9-18-59-44-31(22-29(25-50-44)43(49)65)30-11-12-33(52-45(30)59)35-21-26(3)55-60(35)7-2/h8-9,11-14,21-25H,6-7,10,15-20H2,1-5H3,(H2,48,64)(H2,49,65)(H,53,54,66)/b9-8+. The van der Waals surface area contributed by atoms with Gasteiger partial charge in [-0.3, -0.25) is 43.7 Å². The maximum Gasteiger partial charge on any atom is 0.295 e. The van der Waals surface area contributed by atoms with Gasteiger partial charge in [-0.15, -0.1) is 0 Å². The van der Waals surface area contributed by atoms with Crippen LogP contribution in [-0.4, -0.2) is 111 Å². The molecule has 6 aromatic heterocycles. The minimum absolute atomic E-state index is 0.0322. The second-order valence-corrected chi connectivity index (χ2v) is 16.1. The Hall–Kier alpha value is -8.49. The molecule has 6 amide bonds. The van der Waals surface area contributed by atoms with Gasteiger partial charge in [-0.05, 0) is 63.1 Å². The predicted molar refractivity (Wildman–Crippen MR) is 249 cm³/mol. The number of aryl methyl sites for hydroxylation is 4. The van der Waals surface area contributed by atoms with Gasteiger partial charge < -0.3 is 34.7 Å². The highest BCUT2D eigenvalue weighted by Gasteiger charge is 2.26. The molecular weight excluding hydrogens is 875 g/mol. The molecule has 21 heteroatoms. The summed E-state index contributed by atoms with van der Waals surface area (Å²) in [6.07, 6.45) is 8.31. The van der Waals surface area contributed by atoms with Crippen molar-refractivity contribution in [3.63, 3.8) is 0 Å². The number of nitrogens with zero attached hydrogens (tertiary/aromatic N) is 10. The predicted octanol–water partition coefficient (Wildman–Crippen LogP) is 4.23. The number of primary amides is 2. The van der Waals surface area contributed by atoms with Crippen molar-refractivity contribution >= 4 is 74.5 Å². The van der Waals surface area contributed by atoms with E-state index in [1.807, 2.05) is 60.4 Å². The van der Waals surface area contributed by atoms with E-state index in [9.17, 15) is 28.8 Å². The van der Waals surface area contributed by atoms with Crippen molar-refractivity contribution in [2.45, 2.75) is 66.6 Å². The summed E-state index contributed by atoms with van der Waals surface area (Å²) < 4.78 is 17.5. The third-order valence-electron chi connectivity index (χ3n) is 11.5. The Morgan fingerprint density at radius 3 is 2.32 bits per heavy atom. The highest BCUT2D eigenvalue weighted by molar-refractivity contribution is 6.13. The number of nitrogens with one attached hydrogen (secondary N) is 1. The van der Waals surface area contributed by atoms with Gasteiger partial charge in [-0.1, -0.05) is 19.1 Å². The van der Waals surface area contributed by atoms with Crippen LogP contribution in [0.2, 0.25) is 0 Å². The molecule has 7 heterocycles. The van der Waals surface area contributed by atoms with Gasteiger partial charge in [0, 0.05) is 87.8 Å². The van der Waals surface area contributed by atoms with Crippen molar-refractivity contribution < 1.29 is 37.9 Å². The van der Waals surface area contributed by atoms with Crippen LogP contribution < -0.4 is 21.5 Å². The van der Waals surface area contributed by atoms with E-state index in [4.69, 9.17) is 30.6 Å². The number of aromatic nitrogens is 8. The molecule has 5 N–H and O–H groups in total. The Labute approximate surface area is 388 Å². The van der Waals surface area contributed by atoms with Gasteiger partial charge in [0.2, 0.25) is 29.4 Å². The summed E-state index contributed by atoms with van der Waals surface area (Å²) in [5.74, 6) is -2.40. The van der Waals surface area contributed by atoms with Gasteiger partial charge in [0.25, 0.3) is 17.7 Å². The molecule has 0 atom stereocenters. The number of oxazole rings is 1. The van der Waals surface area contributed by atoms with Crippen LogP contribution in [0, 0.1) is 13.8 Å². The van der Waals surface area contributed by atoms with Gasteiger partial charge >= 0.3 is 0 Å². The van der Waals surface area contributed by atoms with Gasteiger partial charge in [-0.2, -0.15) is 5.10 Å². The summed E-state index contributed by atoms with van der Waals surface area (Å²) in [5, 5.41) is 8.93. The maximum absolute atomic E-state index is 13.8. The summed E-state index contributed by atoms with van der Waals surface area (Å²) in [7, 11) is 1.61. The molecule has 68 heavy (non-hydrogen) atoms. The number of benzene rings is 1. The number of carbonyl (C=O) groups is 6. The van der Waals surface area contributed by atoms with Crippen LogP contribution in [0.15, 0.2) is 71.3 Å². The van der Waals surface area contributed by atoms with Crippen molar-refractivity contribution in [1.82, 2.24) is 48.7 Å². The molecule has 1 aromatic carbocycles. The Bertz CT molecular complexity index is 3230. The van der Waals surface area contributed by atoms with Gasteiger partial charge in [0.15, 0.2) is 5.89 Å². The number of allylic oxidation sites excluding steroid dienone is 2. The second kappa shape index (κ2) is 19.2. The minimum Gasteiger partial charge on any atom is -0.491 e. The number of ether oxygens (including phenoxy) is 1. The Morgan fingerprint density at radius 1 is 0.882 bits per heavy atom. The molecule has 1 aliphatic heterocycles. The van der Waals surface area contributed by atoms with Crippen LogP contribution in [0.1, 0.15) is 75.2 Å². The Kier molecular flexibility index (Phi) is 13.0. The Morgan fingerprint density at radius 2 is 1.62 bits per heavy atom. The fourth-order valence-corrected chi connectivity index (χ4v) is 8.10. The van der Waals surface area contributed by atoms with E-state index < -0.39 is 29.5 Å². The molecule has 7 aromatic rings. The summed E-state index contributed by atoms with van der Waals surface area (Å²) in [6.45, 7) is 8.82. The second-order valence-electron chi connectivity index (χ2n) is 16.1. The summed E-state index contributed by atoms with van der Waals surface area (Å²) >= 11 is 0. The summed E-state index contributed by atoms with van der Waals surface area (Å²) in [4.78, 5) is 96.7. The maximum atomic E-state index is 13.8. The average Bonchev–Trinajstić information content (AvgIpc) is 4.13. The minimum atomic E-state index is -0.731. The zero-order valence-electron chi connectivity index (χ0n) is 38.1. The lowest BCUT2D eigenvalue weighted by atomic mass is 10.1. The average molecular weight is 924 g/mol. The lowest BCUT2D eigenvalue weighted by Gasteiger charge is -2.19. The summed E-state index contributed by atoms with van der Waals surface area (Å²) in [5.41, 5.74) is 16.6.